The first-order valence-corrected chi connectivity index (χ1v) is 13.6. The maximum absolute atomic E-state index is 4.97. The van der Waals surface area contributed by atoms with Crippen molar-refractivity contribution in [2.24, 2.45) is 0 Å². The lowest BCUT2D eigenvalue weighted by molar-refractivity contribution is 0.332. The number of hydrogen-bond acceptors (Lipinski definition) is 4. The van der Waals surface area contributed by atoms with Crippen molar-refractivity contribution in [1.29, 1.82) is 0 Å². The first kappa shape index (κ1) is 27.3. The second kappa shape index (κ2) is 12.7. The molecule has 1 heterocycles. The fraction of sp³-hybridized carbons (Fsp3) is 0.290. The van der Waals surface area contributed by atoms with E-state index in [2.05, 4.69) is 118 Å². The second-order valence-corrected chi connectivity index (χ2v) is 10.6. The van der Waals surface area contributed by atoms with Gasteiger partial charge in [-0.05, 0) is 79.4 Å². The number of aromatic nitrogens is 2. The van der Waals surface area contributed by atoms with Crippen molar-refractivity contribution >= 4 is 40.0 Å². The minimum absolute atomic E-state index is 0. The van der Waals surface area contributed by atoms with Crippen LogP contribution >= 0.6 is 28.3 Å². The molecule has 0 saturated carbocycles. The van der Waals surface area contributed by atoms with Gasteiger partial charge in [-0.1, -0.05) is 77.8 Å². The Kier molecular flexibility index (Phi) is 9.36. The number of unbranched alkanes of at least 4 members (excludes halogenated alkanes) is 1. The topological polar surface area (TPSA) is 41.0 Å². The van der Waals surface area contributed by atoms with Crippen LogP contribution in [0.5, 0.6) is 0 Å². The van der Waals surface area contributed by atoms with Crippen molar-refractivity contribution in [3.8, 4) is 11.3 Å². The highest BCUT2D eigenvalue weighted by Gasteiger charge is 2.27. The molecule has 1 aromatic heterocycles. The predicted molar refractivity (Wildman–Crippen MR) is 160 cm³/mol. The molecule has 0 radical (unpaired) electrons. The van der Waals surface area contributed by atoms with Gasteiger partial charge in [-0.15, -0.1) is 12.4 Å². The van der Waals surface area contributed by atoms with E-state index < -0.39 is 0 Å². The molecule has 1 N–H and O–H groups in total. The summed E-state index contributed by atoms with van der Waals surface area (Å²) in [5, 5.41) is 3.42. The van der Waals surface area contributed by atoms with Crippen LogP contribution in [-0.2, 0) is 12.8 Å². The molecule has 1 unspecified atom stereocenters. The SMILES string of the molecule is CCCCN(C)CCc1ccc(Nc2ncc3c(n2)-c2ccccc2C(c2cccc(Br)c2)C3)cc1.Cl. The Morgan fingerprint density at radius 1 is 1.00 bits per heavy atom. The summed E-state index contributed by atoms with van der Waals surface area (Å²) in [5.41, 5.74) is 8.39. The minimum Gasteiger partial charge on any atom is -0.324 e. The van der Waals surface area contributed by atoms with Gasteiger partial charge >= 0.3 is 0 Å². The quantitative estimate of drug-likeness (QED) is 0.219. The maximum atomic E-state index is 4.97. The smallest absolute Gasteiger partial charge is 0.227 e. The van der Waals surface area contributed by atoms with E-state index in [0.717, 1.165) is 35.2 Å². The molecule has 0 fully saturated rings. The largest absolute Gasteiger partial charge is 0.324 e. The molecular weight excluding hydrogens is 544 g/mol. The van der Waals surface area contributed by atoms with Crippen molar-refractivity contribution in [1.82, 2.24) is 14.9 Å². The maximum Gasteiger partial charge on any atom is 0.227 e. The molecule has 192 valence electrons. The Morgan fingerprint density at radius 2 is 1.81 bits per heavy atom. The van der Waals surface area contributed by atoms with Crippen LogP contribution in [0.25, 0.3) is 11.3 Å². The highest BCUT2D eigenvalue weighted by Crippen LogP contribution is 2.42. The zero-order valence-electron chi connectivity index (χ0n) is 21.5. The Morgan fingerprint density at radius 3 is 2.59 bits per heavy atom. The van der Waals surface area contributed by atoms with Crippen LogP contribution in [0.4, 0.5) is 11.6 Å². The van der Waals surface area contributed by atoms with Gasteiger partial charge in [0.2, 0.25) is 5.95 Å². The van der Waals surface area contributed by atoms with E-state index in [9.17, 15) is 0 Å². The van der Waals surface area contributed by atoms with Gasteiger partial charge in [-0.25, -0.2) is 9.97 Å². The third-order valence-corrected chi connectivity index (χ3v) is 7.51. The van der Waals surface area contributed by atoms with E-state index in [1.807, 2.05) is 6.20 Å². The number of nitrogens with one attached hydrogen (secondary N) is 1. The fourth-order valence-corrected chi connectivity index (χ4v) is 5.38. The van der Waals surface area contributed by atoms with E-state index in [4.69, 9.17) is 4.98 Å². The molecule has 37 heavy (non-hydrogen) atoms. The molecule has 0 aliphatic heterocycles. The monoisotopic (exact) mass is 576 g/mol. The molecule has 1 aliphatic carbocycles. The Labute approximate surface area is 235 Å². The Bertz CT molecular complexity index is 1330. The Hall–Kier alpha value is -2.73. The van der Waals surface area contributed by atoms with Crippen molar-refractivity contribution < 1.29 is 0 Å². The molecular formula is C31H34BrClN4. The highest BCUT2D eigenvalue weighted by molar-refractivity contribution is 9.10. The number of anilines is 2. The van der Waals surface area contributed by atoms with Crippen molar-refractivity contribution in [2.75, 3.05) is 25.5 Å². The lowest BCUT2D eigenvalue weighted by atomic mass is 9.78. The van der Waals surface area contributed by atoms with Crippen LogP contribution in [0.1, 0.15) is 47.9 Å². The second-order valence-electron chi connectivity index (χ2n) is 9.70. The number of benzene rings is 3. The lowest BCUT2D eigenvalue weighted by Gasteiger charge is -2.27. The molecule has 1 atom stereocenters. The summed E-state index contributed by atoms with van der Waals surface area (Å²) < 4.78 is 1.11. The highest BCUT2D eigenvalue weighted by atomic mass is 79.9. The van der Waals surface area contributed by atoms with Gasteiger partial charge in [-0.2, -0.15) is 0 Å². The fourth-order valence-electron chi connectivity index (χ4n) is 4.96. The van der Waals surface area contributed by atoms with Gasteiger partial charge in [-0.3, -0.25) is 0 Å². The number of hydrogen-bond donors (Lipinski definition) is 1. The molecule has 0 bridgehead atoms. The van der Waals surface area contributed by atoms with Gasteiger partial charge < -0.3 is 10.2 Å². The van der Waals surface area contributed by atoms with Crippen molar-refractivity contribution in [3.63, 3.8) is 0 Å². The summed E-state index contributed by atoms with van der Waals surface area (Å²) in [6.45, 7) is 4.49. The zero-order valence-corrected chi connectivity index (χ0v) is 23.9. The number of halogens is 2. The van der Waals surface area contributed by atoms with Crippen molar-refractivity contribution in [2.45, 2.75) is 38.5 Å². The van der Waals surface area contributed by atoms with E-state index in [1.165, 1.54) is 47.2 Å². The third-order valence-electron chi connectivity index (χ3n) is 7.02. The van der Waals surface area contributed by atoms with E-state index in [1.54, 1.807) is 0 Å². The summed E-state index contributed by atoms with van der Waals surface area (Å²) in [7, 11) is 2.21. The molecule has 1 aliphatic rings. The summed E-state index contributed by atoms with van der Waals surface area (Å²) in [4.78, 5) is 12.1. The van der Waals surface area contributed by atoms with E-state index in [-0.39, 0.29) is 12.4 Å². The zero-order chi connectivity index (χ0) is 24.9. The summed E-state index contributed by atoms with van der Waals surface area (Å²) in [6, 6.07) is 25.9. The first-order chi connectivity index (χ1) is 17.6. The number of likely N-dealkylation sites (N-methyl/N-ethyl adjacent to an activating group) is 1. The van der Waals surface area contributed by atoms with Crippen LogP contribution in [-0.4, -0.2) is 35.0 Å². The number of fused-ring (bicyclic) bond motifs is 3. The number of rotatable bonds is 9. The van der Waals surface area contributed by atoms with Crippen LogP contribution in [0, 0.1) is 0 Å². The lowest BCUT2D eigenvalue weighted by Crippen LogP contribution is -2.22. The average Bonchev–Trinajstić information content (AvgIpc) is 2.91. The van der Waals surface area contributed by atoms with Gasteiger partial charge in [0.1, 0.15) is 0 Å². The molecule has 6 heteroatoms. The summed E-state index contributed by atoms with van der Waals surface area (Å²) in [5.74, 6) is 0.929. The van der Waals surface area contributed by atoms with Gasteiger partial charge in [0.25, 0.3) is 0 Å². The molecule has 0 amide bonds. The van der Waals surface area contributed by atoms with Gasteiger partial charge in [0.15, 0.2) is 0 Å². The van der Waals surface area contributed by atoms with Crippen LogP contribution in [0.15, 0.2) is 83.5 Å². The normalized spacial score (nSPS) is 14.0. The predicted octanol–water partition coefficient (Wildman–Crippen LogP) is 8.03. The first-order valence-electron chi connectivity index (χ1n) is 12.9. The van der Waals surface area contributed by atoms with Crippen LogP contribution in [0.3, 0.4) is 0 Å². The summed E-state index contributed by atoms with van der Waals surface area (Å²) >= 11 is 3.63. The van der Waals surface area contributed by atoms with Gasteiger partial charge in [0.05, 0.1) is 5.69 Å². The standard InChI is InChI=1S/C31H33BrN4.ClH/c1-3-4-17-36(2)18-16-22-12-14-26(15-13-22)34-31-33-21-24-20-29(23-8-7-9-25(32)19-23)27-10-5-6-11-28(27)30(24)35-31;/h5-15,19,21,29H,3-4,16-18,20H2,1-2H3,(H,33,34,35);1H. The van der Waals surface area contributed by atoms with E-state index in [0.29, 0.717) is 11.9 Å². The molecule has 0 spiro atoms. The molecule has 4 aromatic rings. The average molecular weight is 578 g/mol. The number of nitrogens with zero attached hydrogens (tertiary/aromatic N) is 3. The summed E-state index contributed by atoms with van der Waals surface area (Å²) in [6.07, 6.45) is 6.45. The third kappa shape index (κ3) is 6.59. The van der Waals surface area contributed by atoms with Crippen LogP contribution in [0.2, 0.25) is 0 Å². The van der Waals surface area contributed by atoms with Crippen molar-refractivity contribution in [3.05, 3.63) is 106 Å². The Balaban J connectivity index is 0.00000320. The molecule has 5 rings (SSSR count). The van der Waals surface area contributed by atoms with E-state index >= 15 is 0 Å². The van der Waals surface area contributed by atoms with Crippen LogP contribution < -0.4 is 5.32 Å². The van der Waals surface area contributed by atoms with Gasteiger partial charge in [0, 0.05) is 34.4 Å². The molecule has 3 aromatic carbocycles. The molecule has 4 nitrogen and oxygen atoms in total. The molecule has 0 saturated heterocycles. The minimum atomic E-state index is 0.